The molecule has 6 heteroatoms. The van der Waals surface area contributed by atoms with Gasteiger partial charge in [0.15, 0.2) is 0 Å². The first kappa shape index (κ1) is 15.6. The summed E-state index contributed by atoms with van der Waals surface area (Å²) in [5.74, 6) is -2.42. The van der Waals surface area contributed by atoms with Crippen LogP contribution in [0.25, 0.3) is 0 Å². The molecule has 20 heavy (non-hydrogen) atoms. The molecular formula is C14H24F2N2O2. The van der Waals surface area contributed by atoms with Crippen LogP contribution in [0.1, 0.15) is 33.1 Å². The fourth-order valence-corrected chi connectivity index (χ4v) is 3.08. The Balaban J connectivity index is 1.80. The molecule has 0 saturated carbocycles. The Kier molecular flexibility index (Phi) is 4.96. The zero-order valence-corrected chi connectivity index (χ0v) is 12.1. The molecule has 116 valence electrons. The zero-order valence-electron chi connectivity index (χ0n) is 12.1. The lowest BCUT2D eigenvalue weighted by Gasteiger charge is -2.34. The van der Waals surface area contributed by atoms with Crippen molar-refractivity contribution in [3.8, 4) is 0 Å². The van der Waals surface area contributed by atoms with Crippen LogP contribution in [0.15, 0.2) is 0 Å². The van der Waals surface area contributed by atoms with Crippen molar-refractivity contribution in [2.24, 2.45) is 11.8 Å². The summed E-state index contributed by atoms with van der Waals surface area (Å²) in [4.78, 5) is 11.9. The SMILES string of the molecule is CC(C)C1OCCCC1CNC(=O)C1CC(F)(F)CN1. The van der Waals surface area contributed by atoms with Crippen LogP contribution in [0, 0.1) is 11.8 Å². The van der Waals surface area contributed by atoms with Gasteiger partial charge in [-0.3, -0.25) is 10.1 Å². The molecule has 0 aliphatic carbocycles. The van der Waals surface area contributed by atoms with Gasteiger partial charge in [0.2, 0.25) is 5.91 Å². The van der Waals surface area contributed by atoms with E-state index in [1.807, 2.05) is 0 Å². The Bertz CT molecular complexity index is 350. The van der Waals surface area contributed by atoms with Gasteiger partial charge in [-0.25, -0.2) is 8.78 Å². The fourth-order valence-electron chi connectivity index (χ4n) is 3.08. The maximum atomic E-state index is 13.1. The van der Waals surface area contributed by atoms with E-state index in [0.717, 1.165) is 19.4 Å². The van der Waals surface area contributed by atoms with Crippen molar-refractivity contribution < 1.29 is 18.3 Å². The van der Waals surface area contributed by atoms with Crippen LogP contribution in [-0.2, 0) is 9.53 Å². The van der Waals surface area contributed by atoms with E-state index in [4.69, 9.17) is 4.74 Å². The molecule has 0 spiro atoms. The second kappa shape index (κ2) is 6.35. The predicted octanol–water partition coefficient (Wildman–Crippen LogP) is 1.55. The standard InChI is InChI=1S/C14H24F2N2O2/c1-9(2)12-10(4-3-5-20-12)7-17-13(19)11-6-14(15,16)8-18-11/h9-12,18H,3-8H2,1-2H3,(H,17,19). The summed E-state index contributed by atoms with van der Waals surface area (Å²) in [6, 6.07) is -0.771. The molecule has 0 aromatic rings. The fraction of sp³-hybridized carbons (Fsp3) is 0.929. The molecule has 3 atom stereocenters. The summed E-state index contributed by atoms with van der Waals surface area (Å²) in [7, 11) is 0. The van der Waals surface area contributed by atoms with Crippen molar-refractivity contribution in [1.82, 2.24) is 10.6 Å². The maximum Gasteiger partial charge on any atom is 0.262 e. The third-order valence-corrected chi connectivity index (χ3v) is 4.12. The average molecular weight is 290 g/mol. The van der Waals surface area contributed by atoms with E-state index >= 15 is 0 Å². The quantitative estimate of drug-likeness (QED) is 0.826. The molecule has 2 heterocycles. The van der Waals surface area contributed by atoms with Gasteiger partial charge in [0.25, 0.3) is 5.92 Å². The van der Waals surface area contributed by atoms with E-state index in [9.17, 15) is 13.6 Å². The van der Waals surface area contributed by atoms with E-state index < -0.39 is 24.9 Å². The second-order valence-electron chi connectivity index (χ2n) is 6.22. The van der Waals surface area contributed by atoms with Crippen molar-refractivity contribution >= 4 is 5.91 Å². The zero-order chi connectivity index (χ0) is 14.8. The molecule has 0 bridgehead atoms. The number of hydrogen-bond donors (Lipinski definition) is 2. The lowest BCUT2D eigenvalue weighted by atomic mass is 9.87. The highest BCUT2D eigenvalue weighted by atomic mass is 19.3. The summed E-state index contributed by atoms with van der Waals surface area (Å²) < 4.78 is 31.9. The van der Waals surface area contributed by atoms with Gasteiger partial charge >= 0.3 is 0 Å². The van der Waals surface area contributed by atoms with Gasteiger partial charge < -0.3 is 10.1 Å². The smallest absolute Gasteiger partial charge is 0.262 e. The first-order valence-electron chi connectivity index (χ1n) is 7.39. The number of hydrogen-bond acceptors (Lipinski definition) is 3. The Morgan fingerprint density at radius 2 is 2.25 bits per heavy atom. The lowest BCUT2D eigenvalue weighted by molar-refractivity contribution is -0.124. The van der Waals surface area contributed by atoms with E-state index in [1.165, 1.54) is 0 Å². The molecule has 1 amide bonds. The van der Waals surface area contributed by atoms with Crippen LogP contribution >= 0.6 is 0 Å². The minimum absolute atomic E-state index is 0.141. The van der Waals surface area contributed by atoms with Gasteiger partial charge in [0, 0.05) is 25.5 Å². The molecule has 0 radical (unpaired) electrons. The van der Waals surface area contributed by atoms with Crippen molar-refractivity contribution in [3.05, 3.63) is 0 Å². The summed E-state index contributed by atoms with van der Waals surface area (Å²) in [5, 5.41) is 5.38. The van der Waals surface area contributed by atoms with Crippen LogP contribution in [0.3, 0.4) is 0 Å². The molecule has 3 unspecified atom stereocenters. The highest BCUT2D eigenvalue weighted by molar-refractivity contribution is 5.82. The number of alkyl halides is 2. The van der Waals surface area contributed by atoms with Gasteiger partial charge in [-0.05, 0) is 18.8 Å². The lowest BCUT2D eigenvalue weighted by Crippen LogP contribution is -2.46. The van der Waals surface area contributed by atoms with Gasteiger partial charge in [-0.1, -0.05) is 13.8 Å². The summed E-state index contributed by atoms with van der Waals surface area (Å²) in [5.41, 5.74) is 0. The molecule has 2 rings (SSSR count). The third kappa shape index (κ3) is 3.88. The molecule has 2 fully saturated rings. The minimum atomic E-state index is -2.77. The van der Waals surface area contributed by atoms with Crippen molar-refractivity contribution in [3.63, 3.8) is 0 Å². The number of carbonyl (C=O) groups is 1. The molecular weight excluding hydrogens is 266 g/mol. The molecule has 0 aromatic carbocycles. The number of carbonyl (C=O) groups excluding carboxylic acids is 1. The summed E-state index contributed by atoms with van der Waals surface area (Å²) >= 11 is 0. The number of nitrogens with one attached hydrogen (secondary N) is 2. The molecule has 2 N–H and O–H groups in total. The van der Waals surface area contributed by atoms with E-state index in [0.29, 0.717) is 12.5 Å². The van der Waals surface area contributed by atoms with E-state index in [1.54, 1.807) is 0 Å². The Morgan fingerprint density at radius 1 is 1.50 bits per heavy atom. The Labute approximate surface area is 118 Å². The van der Waals surface area contributed by atoms with Crippen molar-refractivity contribution in [2.75, 3.05) is 19.7 Å². The first-order chi connectivity index (χ1) is 9.39. The van der Waals surface area contributed by atoms with Crippen LogP contribution in [0.4, 0.5) is 8.78 Å². The van der Waals surface area contributed by atoms with Crippen molar-refractivity contribution in [2.45, 2.75) is 51.2 Å². The second-order valence-corrected chi connectivity index (χ2v) is 6.22. The highest BCUT2D eigenvalue weighted by Gasteiger charge is 2.42. The number of rotatable bonds is 4. The Morgan fingerprint density at radius 3 is 2.85 bits per heavy atom. The van der Waals surface area contributed by atoms with Gasteiger partial charge in [0.1, 0.15) is 0 Å². The normalized spacial score (nSPS) is 33.4. The van der Waals surface area contributed by atoms with Crippen LogP contribution in [0.5, 0.6) is 0 Å². The van der Waals surface area contributed by atoms with Crippen LogP contribution in [0.2, 0.25) is 0 Å². The molecule has 2 aliphatic heterocycles. The number of ether oxygens (including phenoxy) is 1. The van der Waals surface area contributed by atoms with Gasteiger partial charge in [0.05, 0.1) is 18.7 Å². The third-order valence-electron chi connectivity index (χ3n) is 4.12. The number of amides is 1. The molecule has 0 aromatic heterocycles. The van der Waals surface area contributed by atoms with Crippen molar-refractivity contribution in [1.29, 1.82) is 0 Å². The Hall–Kier alpha value is -0.750. The topological polar surface area (TPSA) is 50.4 Å². The molecule has 2 aliphatic rings. The number of halogens is 2. The molecule has 4 nitrogen and oxygen atoms in total. The minimum Gasteiger partial charge on any atom is -0.378 e. The summed E-state index contributed by atoms with van der Waals surface area (Å²) in [6.07, 6.45) is 1.73. The van der Waals surface area contributed by atoms with Gasteiger partial charge in [-0.2, -0.15) is 0 Å². The highest BCUT2D eigenvalue weighted by Crippen LogP contribution is 2.27. The summed E-state index contributed by atoms with van der Waals surface area (Å²) in [6.45, 7) is 5.06. The van der Waals surface area contributed by atoms with Crippen LogP contribution in [-0.4, -0.2) is 43.7 Å². The van der Waals surface area contributed by atoms with E-state index in [2.05, 4.69) is 24.5 Å². The molecule has 2 saturated heterocycles. The maximum absolute atomic E-state index is 13.1. The first-order valence-corrected chi connectivity index (χ1v) is 7.39. The average Bonchev–Trinajstić information content (AvgIpc) is 2.76. The van der Waals surface area contributed by atoms with E-state index in [-0.39, 0.29) is 17.9 Å². The van der Waals surface area contributed by atoms with Gasteiger partial charge in [-0.15, -0.1) is 0 Å². The largest absolute Gasteiger partial charge is 0.378 e. The monoisotopic (exact) mass is 290 g/mol. The predicted molar refractivity (Wildman–Crippen MR) is 71.7 cm³/mol. The van der Waals surface area contributed by atoms with Crippen LogP contribution < -0.4 is 10.6 Å².